The fourth-order valence-electron chi connectivity index (χ4n) is 4.77. The molecular formula is C25H37N5O6S. The molecule has 37 heavy (non-hydrogen) atoms. The highest BCUT2D eigenvalue weighted by molar-refractivity contribution is 8.00. The van der Waals surface area contributed by atoms with Gasteiger partial charge in [-0.05, 0) is 51.2 Å². The molecule has 0 aliphatic carbocycles. The van der Waals surface area contributed by atoms with Crippen molar-refractivity contribution in [1.29, 1.82) is 0 Å². The van der Waals surface area contributed by atoms with Crippen molar-refractivity contribution >= 4 is 35.3 Å². The minimum Gasteiger partial charge on any atom is -0.388 e. The second-order valence-corrected chi connectivity index (χ2v) is 11.1. The van der Waals surface area contributed by atoms with Crippen molar-refractivity contribution in [2.45, 2.75) is 94.8 Å². The lowest BCUT2D eigenvalue weighted by atomic mass is 10.0. The molecule has 2 unspecified atom stereocenters. The van der Waals surface area contributed by atoms with Crippen molar-refractivity contribution in [1.82, 2.24) is 21.3 Å². The van der Waals surface area contributed by atoms with Crippen LogP contribution in [0.4, 0.5) is 10.5 Å². The molecule has 2 aliphatic rings. The van der Waals surface area contributed by atoms with Crippen molar-refractivity contribution < 1.29 is 24.4 Å². The van der Waals surface area contributed by atoms with Gasteiger partial charge in [-0.15, -0.1) is 0 Å². The van der Waals surface area contributed by atoms with Crippen LogP contribution in [0.2, 0.25) is 0 Å². The molecule has 2 fully saturated rings. The Bertz CT molecular complexity index is 990. The minimum atomic E-state index is -0.986. The fraction of sp³-hybridized carbons (Fsp3) is 0.640. The topological polar surface area (TPSA) is 163 Å². The summed E-state index contributed by atoms with van der Waals surface area (Å²) in [7, 11) is 0. The molecule has 0 radical (unpaired) electrons. The third-order valence-corrected chi connectivity index (χ3v) is 8.27. The van der Waals surface area contributed by atoms with Gasteiger partial charge >= 0.3 is 6.03 Å². The average molecular weight is 536 g/mol. The van der Waals surface area contributed by atoms with E-state index in [2.05, 4.69) is 21.3 Å². The van der Waals surface area contributed by atoms with E-state index in [-0.39, 0.29) is 53.8 Å². The third kappa shape index (κ3) is 8.60. The molecule has 1 aromatic carbocycles. The van der Waals surface area contributed by atoms with Gasteiger partial charge in [-0.2, -0.15) is 11.8 Å². The Labute approximate surface area is 221 Å². The van der Waals surface area contributed by atoms with E-state index in [1.807, 2.05) is 18.7 Å². The van der Waals surface area contributed by atoms with Crippen molar-refractivity contribution in [2.75, 3.05) is 5.75 Å². The van der Waals surface area contributed by atoms with E-state index in [1.54, 1.807) is 6.07 Å². The predicted octanol–water partition coefficient (Wildman–Crippen LogP) is 2.67. The van der Waals surface area contributed by atoms with E-state index in [0.717, 1.165) is 25.0 Å². The van der Waals surface area contributed by atoms with Crippen molar-refractivity contribution in [3.8, 4) is 0 Å². The molecule has 0 saturated carbocycles. The Morgan fingerprint density at radius 2 is 1.95 bits per heavy atom. The van der Waals surface area contributed by atoms with Gasteiger partial charge in [0, 0.05) is 42.5 Å². The van der Waals surface area contributed by atoms with Gasteiger partial charge in [0.2, 0.25) is 11.8 Å². The van der Waals surface area contributed by atoms with Gasteiger partial charge in [-0.1, -0.05) is 12.5 Å². The van der Waals surface area contributed by atoms with Gasteiger partial charge in [0.1, 0.15) is 0 Å². The van der Waals surface area contributed by atoms with Crippen LogP contribution in [0.1, 0.15) is 76.0 Å². The molecule has 2 aliphatic heterocycles. The van der Waals surface area contributed by atoms with Crippen molar-refractivity contribution in [2.24, 2.45) is 0 Å². The zero-order valence-electron chi connectivity index (χ0n) is 21.3. The van der Waals surface area contributed by atoms with Crippen molar-refractivity contribution in [3.05, 3.63) is 39.4 Å². The van der Waals surface area contributed by atoms with Crippen LogP contribution >= 0.6 is 11.8 Å². The van der Waals surface area contributed by atoms with E-state index in [0.29, 0.717) is 36.5 Å². The number of nitro benzene ring substituents is 1. The molecular weight excluding hydrogens is 498 g/mol. The number of hydrogen-bond donors (Lipinski definition) is 5. The number of nitrogens with zero attached hydrogens (tertiary/aromatic N) is 1. The summed E-state index contributed by atoms with van der Waals surface area (Å²) in [5, 5.41) is 33.0. The molecule has 204 valence electrons. The van der Waals surface area contributed by atoms with Gasteiger partial charge in [-0.25, -0.2) is 4.79 Å². The number of nitrogens with one attached hydrogen (secondary N) is 4. The SMILES string of the molecule is CC(CCCC(=O)NCc1ccc([N+](=O)[O-])c(C(C)O)c1)NC(=O)CCCC[C@@H]1SC[C@@H]2NC(=O)N[C@@H]21. The number of rotatable bonds is 14. The number of unbranched alkanes of at least 4 members (excludes halogenated alkanes) is 1. The summed E-state index contributed by atoms with van der Waals surface area (Å²) in [4.78, 5) is 46.5. The first-order valence-electron chi connectivity index (χ1n) is 12.8. The smallest absolute Gasteiger partial charge is 0.315 e. The van der Waals surface area contributed by atoms with Crippen LogP contribution in [0.15, 0.2) is 18.2 Å². The zero-order valence-corrected chi connectivity index (χ0v) is 22.1. The third-order valence-electron chi connectivity index (χ3n) is 6.76. The number of carbonyl (C=O) groups excluding carboxylic acids is 3. The van der Waals surface area contributed by atoms with Crippen LogP contribution in [0.3, 0.4) is 0 Å². The molecule has 2 heterocycles. The molecule has 3 rings (SSSR count). The predicted molar refractivity (Wildman–Crippen MR) is 141 cm³/mol. The van der Waals surface area contributed by atoms with Crippen LogP contribution in [-0.4, -0.2) is 57.0 Å². The van der Waals surface area contributed by atoms with Crippen LogP contribution in [0.5, 0.6) is 0 Å². The molecule has 12 heteroatoms. The van der Waals surface area contributed by atoms with E-state index in [1.165, 1.54) is 19.1 Å². The molecule has 11 nitrogen and oxygen atoms in total. The number of nitro groups is 1. The zero-order chi connectivity index (χ0) is 26.9. The van der Waals surface area contributed by atoms with Gasteiger partial charge in [0.25, 0.3) is 5.69 Å². The number of benzene rings is 1. The van der Waals surface area contributed by atoms with Gasteiger partial charge in [-0.3, -0.25) is 19.7 Å². The summed E-state index contributed by atoms with van der Waals surface area (Å²) in [6, 6.07) is 4.74. The highest BCUT2D eigenvalue weighted by Gasteiger charge is 2.42. The first-order chi connectivity index (χ1) is 17.6. The number of carbonyl (C=O) groups is 3. The van der Waals surface area contributed by atoms with E-state index in [9.17, 15) is 29.6 Å². The Morgan fingerprint density at radius 3 is 2.68 bits per heavy atom. The number of fused-ring (bicyclic) bond motifs is 1. The standard InChI is InChI=1S/C25H37N5O6S/c1-15(27-23(33)8-4-3-7-21-24-19(14-37-21)28-25(34)29-24)6-5-9-22(32)26-13-17-10-11-20(30(35)36)18(12-17)16(2)31/h10-12,15-16,19,21,24,31H,3-9,13-14H2,1-2H3,(H,26,32)(H,27,33)(H2,28,29,34)/t15?,16?,19-,21-,24-/m0/s1. The summed E-state index contributed by atoms with van der Waals surface area (Å²) < 4.78 is 0. The second kappa shape index (κ2) is 13.6. The molecule has 0 aromatic heterocycles. The van der Waals surface area contributed by atoms with Crippen LogP contribution in [-0.2, 0) is 16.1 Å². The monoisotopic (exact) mass is 535 g/mol. The minimum absolute atomic E-state index is 0.0109. The first kappa shape index (κ1) is 28.7. The van der Waals surface area contributed by atoms with Gasteiger partial charge in [0.05, 0.1) is 28.7 Å². The summed E-state index contributed by atoms with van der Waals surface area (Å²) in [5.74, 6) is 0.804. The average Bonchev–Trinajstić information content (AvgIpc) is 3.39. The molecule has 2 saturated heterocycles. The van der Waals surface area contributed by atoms with E-state index in [4.69, 9.17) is 0 Å². The number of aliphatic hydroxyl groups is 1. The fourth-order valence-corrected chi connectivity index (χ4v) is 6.31. The Balaban J connectivity index is 1.26. The molecule has 5 N–H and O–H groups in total. The number of urea groups is 1. The maximum absolute atomic E-state index is 12.3. The Morgan fingerprint density at radius 1 is 1.19 bits per heavy atom. The molecule has 4 amide bonds. The number of hydrogen-bond acceptors (Lipinski definition) is 7. The van der Waals surface area contributed by atoms with Crippen LogP contribution in [0, 0.1) is 10.1 Å². The number of amides is 4. The summed E-state index contributed by atoms with van der Waals surface area (Å²) in [6.45, 7) is 3.60. The maximum atomic E-state index is 12.3. The van der Waals surface area contributed by atoms with Crippen LogP contribution < -0.4 is 21.3 Å². The first-order valence-corrected chi connectivity index (χ1v) is 13.9. The maximum Gasteiger partial charge on any atom is 0.315 e. The molecule has 0 bridgehead atoms. The highest BCUT2D eigenvalue weighted by Crippen LogP contribution is 2.33. The Hall–Kier alpha value is -2.86. The van der Waals surface area contributed by atoms with Crippen LogP contribution in [0.25, 0.3) is 0 Å². The van der Waals surface area contributed by atoms with E-state index >= 15 is 0 Å². The molecule has 0 spiro atoms. The van der Waals surface area contributed by atoms with Gasteiger partial charge in [0.15, 0.2) is 0 Å². The lowest BCUT2D eigenvalue weighted by molar-refractivity contribution is -0.386. The lowest BCUT2D eigenvalue weighted by Crippen LogP contribution is -2.36. The summed E-state index contributed by atoms with van der Waals surface area (Å²) in [5.41, 5.74) is 0.738. The Kier molecular flexibility index (Phi) is 10.6. The van der Waals surface area contributed by atoms with Gasteiger partial charge < -0.3 is 26.4 Å². The largest absolute Gasteiger partial charge is 0.388 e. The number of aliphatic hydroxyl groups excluding tert-OH is 1. The highest BCUT2D eigenvalue weighted by atomic mass is 32.2. The summed E-state index contributed by atoms with van der Waals surface area (Å²) >= 11 is 1.88. The molecule has 5 atom stereocenters. The second-order valence-electron chi connectivity index (χ2n) is 9.83. The van der Waals surface area contributed by atoms with E-state index < -0.39 is 11.0 Å². The quantitative estimate of drug-likeness (QED) is 0.106. The lowest BCUT2D eigenvalue weighted by Gasteiger charge is -2.17. The number of thioether (sulfide) groups is 1. The molecule has 1 aromatic rings. The summed E-state index contributed by atoms with van der Waals surface area (Å²) in [6.07, 6.45) is 3.80. The van der Waals surface area contributed by atoms with Crippen molar-refractivity contribution in [3.63, 3.8) is 0 Å². The normalized spacial score (nSPS) is 21.9.